The van der Waals surface area contributed by atoms with Gasteiger partial charge in [-0.05, 0) is 67.9 Å². The van der Waals surface area contributed by atoms with Crippen molar-refractivity contribution in [2.45, 2.75) is 27.7 Å². The van der Waals surface area contributed by atoms with Crippen molar-refractivity contribution in [2.24, 2.45) is 10.3 Å². The van der Waals surface area contributed by atoms with Gasteiger partial charge in [0.05, 0.1) is 22.6 Å². The monoisotopic (exact) mass is 588 g/mol. The molecule has 1 aromatic heterocycles. The van der Waals surface area contributed by atoms with Gasteiger partial charge < -0.3 is 14.6 Å². The van der Waals surface area contributed by atoms with E-state index in [-0.39, 0.29) is 5.78 Å². The summed E-state index contributed by atoms with van der Waals surface area (Å²) in [6, 6.07) is 27.6. The number of oxime groups is 2. The molecule has 4 aromatic carbocycles. The predicted molar refractivity (Wildman–Crippen MR) is 166 cm³/mol. The number of carbonyl (C=O) groups excluding carboxylic acids is 3. The first-order valence-electron chi connectivity index (χ1n) is 13.6. The summed E-state index contributed by atoms with van der Waals surface area (Å²) in [6.45, 7) is 6.03. The fraction of sp³-hybridized carbons (Fsp3) is 0.121. The van der Waals surface area contributed by atoms with Gasteiger partial charge in [-0.1, -0.05) is 58.0 Å². The molecule has 0 unspecified atom stereocenters. The summed E-state index contributed by atoms with van der Waals surface area (Å²) < 4.78 is 0. The van der Waals surface area contributed by atoms with E-state index in [1.165, 1.54) is 13.8 Å². The van der Waals surface area contributed by atoms with Crippen molar-refractivity contribution >= 4 is 57.2 Å². The van der Waals surface area contributed by atoms with Crippen LogP contribution in [0.5, 0.6) is 0 Å². The number of benzene rings is 4. The highest BCUT2D eigenvalue weighted by Crippen LogP contribution is 2.39. The average molecular weight is 589 g/mol. The second-order valence-electron chi connectivity index (χ2n) is 9.81. The Morgan fingerprint density at radius 2 is 1.20 bits per heavy atom. The number of hydrogen-bond donors (Lipinski definition) is 1. The molecule has 0 aliphatic heterocycles. The number of nitrogens with one attached hydrogen (secondary N) is 1. The molecule has 0 saturated heterocycles. The van der Waals surface area contributed by atoms with Gasteiger partial charge >= 0.3 is 11.9 Å². The molecular formula is C33H28N6O5. The molecule has 1 N–H and O–H groups in total. The molecule has 5 rings (SSSR count). The van der Waals surface area contributed by atoms with Crippen LogP contribution in [-0.4, -0.2) is 44.6 Å². The van der Waals surface area contributed by atoms with Crippen LogP contribution in [0.3, 0.4) is 0 Å². The lowest BCUT2D eigenvalue weighted by Crippen LogP contribution is -2.12. The summed E-state index contributed by atoms with van der Waals surface area (Å²) in [7, 11) is 0. The molecule has 44 heavy (non-hydrogen) atoms. The first-order valence-corrected chi connectivity index (χ1v) is 13.6. The van der Waals surface area contributed by atoms with Crippen LogP contribution >= 0.6 is 0 Å². The Morgan fingerprint density at radius 3 is 1.80 bits per heavy atom. The highest BCUT2D eigenvalue weighted by molar-refractivity contribution is 6.11. The smallest absolute Gasteiger partial charge is 0.318 e. The third-order valence-corrected chi connectivity index (χ3v) is 6.69. The maximum atomic E-state index is 13.1. The van der Waals surface area contributed by atoms with Crippen molar-refractivity contribution in [1.29, 1.82) is 0 Å². The van der Waals surface area contributed by atoms with Gasteiger partial charge in [0, 0.05) is 41.9 Å². The van der Waals surface area contributed by atoms with E-state index in [1.807, 2.05) is 71.6 Å². The maximum Gasteiger partial charge on any atom is 0.331 e. The van der Waals surface area contributed by atoms with Gasteiger partial charge in [-0.25, -0.2) is 9.59 Å². The molecule has 0 spiro atoms. The van der Waals surface area contributed by atoms with Crippen LogP contribution in [0.2, 0.25) is 0 Å². The summed E-state index contributed by atoms with van der Waals surface area (Å²) >= 11 is 0. The van der Waals surface area contributed by atoms with Gasteiger partial charge in [0.15, 0.2) is 5.78 Å². The zero-order valence-corrected chi connectivity index (χ0v) is 24.4. The molecule has 0 fully saturated rings. The Bertz CT molecular complexity index is 1900. The molecular weight excluding hydrogens is 560 g/mol. The van der Waals surface area contributed by atoms with Crippen LogP contribution in [0.4, 0.5) is 17.1 Å². The minimum atomic E-state index is -0.531. The largest absolute Gasteiger partial charge is 0.331 e. The molecule has 0 aliphatic carbocycles. The van der Waals surface area contributed by atoms with Gasteiger partial charge in [0.25, 0.3) is 0 Å². The Morgan fingerprint density at radius 1 is 0.659 bits per heavy atom. The predicted octanol–water partition coefficient (Wildman–Crippen LogP) is 6.23. The number of aromatic amines is 1. The number of fused-ring (bicyclic) bond motifs is 1. The van der Waals surface area contributed by atoms with Crippen molar-refractivity contribution in [1.82, 2.24) is 15.4 Å². The summed E-state index contributed by atoms with van der Waals surface area (Å²) in [5.41, 5.74) is 6.93. The molecule has 0 atom stereocenters. The number of ketones is 1. The fourth-order valence-electron chi connectivity index (χ4n) is 4.57. The number of hydrogen-bond acceptors (Lipinski definition) is 10. The first-order chi connectivity index (χ1) is 21.2. The third-order valence-electron chi connectivity index (χ3n) is 6.69. The Labute approximate surface area is 252 Å². The SMILES string of the molecule is CC(=O)O/N=C(/C)c1ccc(N(c2ccc(C(=O)c3ccccc3)cc2)c2ccc(/C(C)=N\OC(C)=O)c3[nH]nnc23)cc1. The first kappa shape index (κ1) is 29.5. The summed E-state index contributed by atoms with van der Waals surface area (Å²) in [6.07, 6.45) is 0. The van der Waals surface area contributed by atoms with E-state index in [0.29, 0.717) is 44.8 Å². The maximum absolute atomic E-state index is 13.1. The molecule has 0 amide bonds. The zero-order valence-electron chi connectivity index (χ0n) is 24.4. The molecule has 11 nitrogen and oxygen atoms in total. The summed E-state index contributed by atoms with van der Waals surface area (Å²) in [5.74, 6) is -1.12. The van der Waals surface area contributed by atoms with Crippen molar-refractivity contribution < 1.29 is 24.1 Å². The van der Waals surface area contributed by atoms with Crippen LogP contribution in [-0.2, 0) is 19.3 Å². The van der Waals surface area contributed by atoms with E-state index >= 15 is 0 Å². The topological polar surface area (TPSA) is 139 Å². The van der Waals surface area contributed by atoms with E-state index in [0.717, 1.165) is 16.9 Å². The minimum absolute atomic E-state index is 0.0821. The zero-order chi connectivity index (χ0) is 31.2. The van der Waals surface area contributed by atoms with E-state index in [4.69, 9.17) is 9.68 Å². The Balaban J connectivity index is 1.59. The summed E-state index contributed by atoms with van der Waals surface area (Å²) in [5, 5.41) is 19.1. The van der Waals surface area contributed by atoms with Crippen LogP contribution in [0.1, 0.15) is 54.7 Å². The van der Waals surface area contributed by atoms with Crippen LogP contribution < -0.4 is 4.90 Å². The van der Waals surface area contributed by atoms with Crippen molar-refractivity contribution in [3.8, 4) is 0 Å². The molecule has 0 aliphatic rings. The quantitative estimate of drug-likeness (QED) is 0.0925. The van der Waals surface area contributed by atoms with Crippen molar-refractivity contribution in [2.75, 3.05) is 4.90 Å². The fourth-order valence-corrected chi connectivity index (χ4v) is 4.57. The van der Waals surface area contributed by atoms with E-state index in [9.17, 15) is 14.4 Å². The molecule has 220 valence electrons. The second-order valence-corrected chi connectivity index (χ2v) is 9.81. The average Bonchev–Trinajstić information content (AvgIpc) is 3.54. The Kier molecular flexibility index (Phi) is 8.66. The van der Waals surface area contributed by atoms with Crippen molar-refractivity contribution in [3.05, 3.63) is 113 Å². The van der Waals surface area contributed by atoms with E-state index in [1.54, 1.807) is 38.1 Å². The second kappa shape index (κ2) is 12.9. The third kappa shape index (κ3) is 6.41. The Hall–Kier alpha value is -5.97. The number of H-pyrrole nitrogens is 1. The number of nitrogens with zero attached hydrogens (tertiary/aromatic N) is 5. The number of aromatic nitrogens is 3. The lowest BCUT2D eigenvalue weighted by molar-refractivity contribution is -0.141. The van der Waals surface area contributed by atoms with Crippen LogP contribution in [0.25, 0.3) is 11.0 Å². The van der Waals surface area contributed by atoms with Gasteiger partial charge in [-0.2, -0.15) is 0 Å². The minimum Gasteiger partial charge on any atom is -0.318 e. The van der Waals surface area contributed by atoms with Crippen molar-refractivity contribution in [3.63, 3.8) is 0 Å². The van der Waals surface area contributed by atoms with Gasteiger partial charge in [-0.3, -0.25) is 9.89 Å². The highest BCUT2D eigenvalue weighted by Gasteiger charge is 2.21. The normalized spacial score (nSPS) is 11.7. The molecule has 5 aromatic rings. The number of anilines is 3. The van der Waals surface area contributed by atoms with E-state index < -0.39 is 11.9 Å². The molecule has 0 bridgehead atoms. The number of rotatable bonds is 9. The van der Waals surface area contributed by atoms with Gasteiger partial charge in [-0.15, -0.1) is 5.10 Å². The molecule has 1 heterocycles. The standard InChI is InChI=1S/C33H28N6O5/c1-20(36-43-22(3)40)24-10-14-27(15-11-24)39(28-16-12-26(13-17-28)33(42)25-8-6-5-7-9-25)30-19-18-29(21(2)37-44-23(4)41)31-32(30)35-38-34-31/h5-19H,1-4H3,(H,34,35,38)/b36-20-,37-21-. The lowest BCUT2D eigenvalue weighted by Gasteiger charge is -2.26. The summed E-state index contributed by atoms with van der Waals surface area (Å²) in [4.78, 5) is 47.2. The van der Waals surface area contributed by atoms with Crippen LogP contribution in [0.15, 0.2) is 101 Å². The van der Waals surface area contributed by atoms with Crippen LogP contribution in [0, 0.1) is 0 Å². The number of carbonyl (C=O) groups is 3. The van der Waals surface area contributed by atoms with Gasteiger partial charge in [0.2, 0.25) is 0 Å². The van der Waals surface area contributed by atoms with E-state index in [2.05, 4.69) is 25.7 Å². The lowest BCUT2D eigenvalue weighted by atomic mass is 10.0. The van der Waals surface area contributed by atoms with Gasteiger partial charge in [0.1, 0.15) is 5.52 Å². The molecule has 0 saturated carbocycles. The highest BCUT2D eigenvalue weighted by atomic mass is 16.7. The molecule has 0 radical (unpaired) electrons. The molecule has 11 heteroatoms.